The third kappa shape index (κ3) is 2.79. The van der Waals surface area contributed by atoms with Gasteiger partial charge in [0.15, 0.2) is 0 Å². The molecule has 1 aromatic rings. The molecule has 2 N–H and O–H groups in total. The van der Waals surface area contributed by atoms with Crippen LogP contribution in [-0.2, 0) is 6.42 Å². The average molecular weight is 208 g/mol. The fourth-order valence-corrected chi connectivity index (χ4v) is 1.94. The number of nitrogens with one attached hydrogen (secondary N) is 2. The van der Waals surface area contributed by atoms with Crippen molar-refractivity contribution in [2.45, 2.75) is 20.3 Å². The van der Waals surface area contributed by atoms with Gasteiger partial charge in [-0.15, -0.1) is 0 Å². The van der Waals surface area contributed by atoms with Gasteiger partial charge in [0.05, 0.1) is 5.69 Å². The Kier molecular flexibility index (Phi) is 3.38. The summed E-state index contributed by atoms with van der Waals surface area (Å²) in [4.78, 5) is 10.3. The van der Waals surface area contributed by atoms with Gasteiger partial charge in [-0.1, -0.05) is 0 Å². The second kappa shape index (κ2) is 4.77. The smallest absolute Gasteiger partial charge is 0.107 e. The Hall–Kier alpha value is -0.870. The normalized spacial score (nSPS) is 18.3. The predicted octanol–water partition coefficient (Wildman–Crippen LogP) is 0.474. The molecule has 1 aromatic heterocycles. The number of piperazine rings is 1. The first-order valence-electron chi connectivity index (χ1n) is 5.71. The summed E-state index contributed by atoms with van der Waals surface area (Å²) < 4.78 is 0. The fraction of sp³-hybridized carbons (Fsp3) is 0.727. The van der Waals surface area contributed by atoms with Crippen LogP contribution in [0.25, 0.3) is 0 Å². The summed E-state index contributed by atoms with van der Waals surface area (Å²) in [6.07, 6.45) is 1.04. The van der Waals surface area contributed by atoms with Crippen LogP contribution < -0.4 is 5.32 Å². The molecule has 0 saturated carbocycles. The number of aromatic amines is 1. The zero-order valence-electron chi connectivity index (χ0n) is 9.64. The van der Waals surface area contributed by atoms with Crippen molar-refractivity contribution in [2.24, 2.45) is 0 Å². The minimum atomic E-state index is 1.04. The van der Waals surface area contributed by atoms with E-state index in [2.05, 4.69) is 34.0 Å². The van der Waals surface area contributed by atoms with Crippen LogP contribution in [0.2, 0.25) is 0 Å². The van der Waals surface area contributed by atoms with Crippen LogP contribution in [0, 0.1) is 13.8 Å². The lowest BCUT2D eigenvalue weighted by Gasteiger charge is -2.26. The third-order valence-electron chi connectivity index (χ3n) is 3.05. The Labute approximate surface area is 91.1 Å². The van der Waals surface area contributed by atoms with Crippen LogP contribution in [0.3, 0.4) is 0 Å². The zero-order chi connectivity index (χ0) is 10.7. The van der Waals surface area contributed by atoms with E-state index in [1.807, 2.05) is 0 Å². The Morgan fingerprint density at radius 2 is 2.00 bits per heavy atom. The molecule has 1 fully saturated rings. The summed E-state index contributed by atoms with van der Waals surface area (Å²) in [7, 11) is 0. The van der Waals surface area contributed by atoms with E-state index in [1.165, 1.54) is 18.8 Å². The average Bonchev–Trinajstić information content (AvgIpc) is 2.57. The van der Waals surface area contributed by atoms with Crippen LogP contribution in [0.1, 0.15) is 17.2 Å². The molecule has 0 amide bonds. The number of rotatable bonds is 3. The van der Waals surface area contributed by atoms with E-state index in [1.54, 1.807) is 0 Å². The van der Waals surface area contributed by atoms with Gasteiger partial charge in [-0.05, 0) is 13.8 Å². The van der Waals surface area contributed by atoms with Crippen LogP contribution in [0.4, 0.5) is 0 Å². The lowest BCUT2D eigenvalue weighted by atomic mass is 10.3. The summed E-state index contributed by atoms with van der Waals surface area (Å²) in [5.74, 6) is 1.13. The lowest BCUT2D eigenvalue weighted by molar-refractivity contribution is 0.242. The van der Waals surface area contributed by atoms with Crippen molar-refractivity contribution in [1.29, 1.82) is 0 Å². The maximum atomic E-state index is 4.50. The van der Waals surface area contributed by atoms with Crippen LogP contribution in [0.15, 0.2) is 0 Å². The summed E-state index contributed by atoms with van der Waals surface area (Å²) >= 11 is 0. The molecule has 1 aliphatic rings. The molecule has 1 saturated heterocycles. The Morgan fingerprint density at radius 3 is 2.60 bits per heavy atom. The van der Waals surface area contributed by atoms with Crippen LogP contribution in [0.5, 0.6) is 0 Å². The second-order valence-electron chi connectivity index (χ2n) is 4.24. The molecular weight excluding hydrogens is 188 g/mol. The monoisotopic (exact) mass is 208 g/mol. The maximum absolute atomic E-state index is 4.50. The molecule has 0 spiro atoms. The molecule has 0 atom stereocenters. The van der Waals surface area contributed by atoms with Crippen molar-refractivity contribution in [3.63, 3.8) is 0 Å². The number of hydrogen-bond acceptors (Lipinski definition) is 3. The molecule has 0 unspecified atom stereocenters. The first-order valence-corrected chi connectivity index (χ1v) is 5.71. The number of aromatic nitrogens is 2. The van der Waals surface area contributed by atoms with Gasteiger partial charge in [-0.2, -0.15) is 0 Å². The van der Waals surface area contributed by atoms with Gasteiger partial charge in [0, 0.05) is 44.8 Å². The third-order valence-corrected chi connectivity index (χ3v) is 3.05. The fourth-order valence-electron chi connectivity index (χ4n) is 1.94. The van der Waals surface area contributed by atoms with Gasteiger partial charge in [-0.25, -0.2) is 4.98 Å². The largest absolute Gasteiger partial charge is 0.346 e. The predicted molar refractivity (Wildman–Crippen MR) is 61.1 cm³/mol. The molecule has 4 heteroatoms. The zero-order valence-corrected chi connectivity index (χ0v) is 9.64. The maximum Gasteiger partial charge on any atom is 0.107 e. The molecule has 2 rings (SSSR count). The van der Waals surface area contributed by atoms with Gasteiger partial charge in [0.2, 0.25) is 0 Å². The van der Waals surface area contributed by atoms with E-state index in [4.69, 9.17) is 0 Å². The summed E-state index contributed by atoms with van der Waals surface area (Å²) in [5, 5.41) is 3.36. The molecule has 0 radical (unpaired) electrons. The van der Waals surface area contributed by atoms with E-state index < -0.39 is 0 Å². The van der Waals surface area contributed by atoms with E-state index >= 15 is 0 Å². The van der Waals surface area contributed by atoms with Gasteiger partial charge in [0.1, 0.15) is 5.82 Å². The number of H-pyrrole nitrogens is 1. The van der Waals surface area contributed by atoms with Crippen LogP contribution >= 0.6 is 0 Å². The molecule has 0 aliphatic carbocycles. The highest BCUT2D eigenvalue weighted by Gasteiger charge is 2.10. The minimum absolute atomic E-state index is 1.04. The van der Waals surface area contributed by atoms with Gasteiger partial charge in [0.25, 0.3) is 0 Å². The molecular formula is C11H20N4. The van der Waals surface area contributed by atoms with E-state index in [9.17, 15) is 0 Å². The Morgan fingerprint density at radius 1 is 1.27 bits per heavy atom. The molecule has 4 nitrogen and oxygen atoms in total. The van der Waals surface area contributed by atoms with Crippen molar-refractivity contribution >= 4 is 0 Å². The Balaban J connectivity index is 1.81. The molecule has 0 aromatic carbocycles. The van der Waals surface area contributed by atoms with Crippen molar-refractivity contribution in [2.75, 3.05) is 32.7 Å². The van der Waals surface area contributed by atoms with Gasteiger partial charge < -0.3 is 15.2 Å². The SMILES string of the molecule is Cc1nc(CCN2CCNCC2)[nH]c1C. The van der Waals surface area contributed by atoms with Gasteiger partial charge in [-0.3, -0.25) is 0 Å². The standard InChI is InChI=1S/C11H20N4/c1-9-10(2)14-11(13-9)3-6-15-7-4-12-5-8-15/h12H,3-8H2,1-2H3,(H,13,14). The van der Waals surface area contributed by atoms with Crippen molar-refractivity contribution in [3.05, 3.63) is 17.2 Å². The number of aryl methyl sites for hydroxylation is 2. The summed E-state index contributed by atoms with van der Waals surface area (Å²) in [6, 6.07) is 0. The topological polar surface area (TPSA) is 44.0 Å². The van der Waals surface area contributed by atoms with Crippen molar-refractivity contribution in [3.8, 4) is 0 Å². The van der Waals surface area contributed by atoms with E-state index in [-0.39, 0.29) is 0 Å². The molecule has 15 heavy (non-hydrogen) atoms. The summed E-state index contributed by atoms with van der Waals surface area (Å²) in [5.41, 5.74) is 2.33. The molecule has 1 aliphatic heterocycles. The number of hydrogen-bond donors (Lipinski definition) is 2. The Bertz CT molecular complexity index is 293. The highest BCUT2D eigenvalue weighted by molar-refractivity contribution is 5.10. The molecule has 0 bridgehead atoms. The van der Waals surface area contributed by atoms with E-state index in [0.717, 1.165) is 37.6 Å². The van der Waals surface area contributed by atoms with Gasteiger partial charge >= 0.3 is 0 Å². The van der Waals surface area contributed by atoms with E-state index in [0.29, 0.717) is 0 Å². The quantitative estimate of drug-likeness (QED) is 0.759. The summed E-state index contributed by atoms with van der Waals surface area (Å²) in [6.45, 7) is 9.83. The number of nitrogens with zero attached hydrogens (tertiary/aromatic N) is 2. The number of imidazole rings is 1. The minimum Gasteiger partial charge on any atom is -0.346 e. The highest BCUT2D eigenvalue weighted by Crippen LogP contribution is 2.04. The van der Waals surface area contributed by atoms with Crippen molar-refractivity contribution < 1.29 is 0 Å². The highest BCUT2D eigenvalue weighted by atomic mass is 15.2. The first-order chi connectivity index (χ1) is 7.25. The molecule has 2 heterocycles. The second-order valence-corrected chi connectivity index (χ2v) is 4.24. The van der Waals surface area contributed by atoms with Crippen molar-refractivity contribution in [1.82, 2.24) is 20.2 Å². The lowest BCUT2D eigenvalue weighted by Crippen LogP contribution is -2.44. The van der Waals surface area contributed by atoms with Crippen LogP contribution in [-0.4, -0.2) is 47.6 Å². The first kappa shape index (κ1) is 10.6. The molecule has 84 valence electrons.